The first-order valence-corrected chi connectivity index (χ1v) is 13.7. The van der Waals surface area contributed by atoms with Crippen LogP contribution in [-0.2, 0) is 23.1 Å². The summed E-state index contributed by atoms with van der Waals surface area (Å²) < 4.78 is 0. The van der Waals surface area contributed by atoms with Crippen molar-refractivity contribution in [2.24, 2.45) is 0 Å². The van der Waals surface area contributed by atoms with Gasteiger partial charge in [0, 0.05) is 40.6 Å². The molecule has 0 radical (unpaired) electrons. The number of nitrogens with one attached hydrogen (secondary N) is 2. The number of aromatic nitrogens is 4. The molecule has 39 heavy (non-hydrogen) atoms. The number of benzene rings is 2. The second kappa shape index (κ2) is 11.1. The maximum Gasteiger partial charge on any atom is 0.178 e. The fourth-order valence-electron chi connectivity index (χ4n) is 5.26. The summed E-state index contributed by atoms with van der Waals surface area (Å²) in [7, 11) is 0. The lowest BCUT2D eigenvalue weighted by atomic mass is 9.80. The third kappa shape index (κ3) is 5.76. The van der Waals surface area contributed by atoms with Crippen molar-refractivity contribution in [2.45, 2.75) is 59.3 Å². The fraction of sp³-hybridized carbons (Fsp3) is 0.333. The molecular formula is C33H37N5O. The molecule has 200 valence electrons. The molecule has 0 saturated heterocycles. The minimum Gasteiger partial charge on any atom is -0.354 e. The third-order valence-corrected chi connectivity index (χ3v) is 7.77. The minimum absolute atomic E-state index is 0.170. The van der Waals surface area contributed by atoms with E-state index in [0.29, 0.717) is 5.65 Å². The van der Waals surface area contributed by atoms with Gasteiger partial charge >= 0.3 is 0 Å². The lowest BCUT2D eigenvalue weighted by Gasteiger charge is -2.22. The maximum absolute atomic E-state index is 12.4. The van der Waals surface area contributed by atoms with E-state index in [1.54, 1.807) is 19.3 Å². The van der Waals surface area contributed by atoms with Gasteiger partial charge in [-0.15, -0.1) is 0 Å². The number of fused-ring (bicyclic) bond motifs is 2. The highest BCUT2D eigenvalue weighted by Gasteiger charge is 2.27. The summed E-state index contributed by atoms with van der Waals surface area (Å²) in [5.41, 5.74) is 10.5. The standard InChI is InChI=1S/C33H37N5O/c1-21-15-22(2)17-25(16-21)31-27(28-19-26(8-9-29(28)38-31)33(4,5)23(3)39)10-12-34-11-6-7-24-18-30-32(37-20-24)36-14-13-35-30/h8-9,13-20,34,38H,6-7,10-12H2,1-5H3. The third-order valence-electron chi connectivity index (χ3n) is 7.77. The molecule has 0 fully saturated rings. The largest absolute Gasteiger partial charge is 0.354 e. The van der Waals surface area contributed by atoms with E-state index < -0.39 is 5.41 Å². The number of carbonyl (C=O) groups excluding carboxylic acids is 1. The van der Waals surface area contributed by atoms with Crippen molar-refractivity contribution in [3.05, 3.63) is 88.9 Å². The lowest BCUT2D eigenvalue weighted by molar-refractivity contribution is -0.121. The molecule has 0 aliphatic heterocycles. The smallest absolute Gasteiger partial charge is 0.178 e. The van der Waals surface area contributed by atoms with Crippen LogP contribution in [0.15, 0.2) is 61.1 Å². The molecule has 5 rings (SSSR count). The highest BCUT2D eigenvalue weighted by Crippen LogP contribution is 2.35. The van der Waals surface area contributed by atoms with Crippen LogP contribution in [0.4, 0.5) is 0 Å². The summed E-state index contributed by atoms with van der Waals surface area (Å²) >= 11 is 0. The van der Waals surface area contributed by atoms with Crippen LogP contribution in [0.2, 0.25) is 0 Å². The van der Waals surface area contributed by atoms with Gasteiger partial charge in [0.15, 0.2) is 5.65 Å². The molecule has 6 nitrogen and oxygen atoms in total. The molecular weight excluding hydrogens is 482 g/mol. The maximum atomic E-state index is 12.4. The van der Waals surface area contributed by atoms with Gasteiger partial charge in [-0.2, -0.15) is 0 Å². The van der Waals surface area contributed by atoms with E-state index in [0.717, 1.165) is 48.9 Å². The van der Waals surface area contributed by atoms with Gasteiger partial charge in [0.1, 0.15) is 11.3 Å². The Kier molecular flexibility index (Phi) is 7.58. The number of hydrogen-bond donors (Lipinski definition) is 2. The molecule has 3 aromatic heterocycles. The number of H-pyrrole nitrogens is 1. The Morgan fingerprint density at radius 2 is 1.69 bits per heavy atom. The van der Waals surface area contributed by atoms with E-state index in [1.165, 1.54) is 38.9 Å². The Labute approximate surface area is 230 Å². The highest BCUT2D eigenvalue weighted by atomic mass is 16.1. The quantitative estimate of drug-likeness (QED) is 0.208. The summed E-state index contributed by atoms with van der Waals surface area (Å²) in [4.78, 5) is 29.1. The highest BCUT2D eigenvalue weighted by molar-refractivity contribution is 5.94. The second-order valence-corrected chi connectivity index (χ2v) is 11.1. The zero-order valence-electron chi connectivity index (χ0n) is 23.6. The Morgan fingerprint density at radius 3 is 2.46 bits per heavy atom. The van der Waals surface area contributed by atoms with E-state index in [4.69, 9.17) is 0 Å². The molecule has 0 aliphatic rings. The van der Waals surface area contributed by atoms with Crippen molar-refractivity contribution in [3.8, 4) is 11.3 Å². The first-order chi connectivity index (χ1) is 18.7. The molecule has 0 amide bonds. The van der Waals surface area contributed by atoms with Gasteiger partial charge in [0.2, 0.25) is 0 Å². The molecule has 3 heterocycles. The Balaban J connectivity index is 1.33. The van der Waals surface area contributed by atoms with Crippen LogP contribution in [0.5, 0.6) is 0 Å². The second-order valence-electron chi connectivity index (χ2n) is 11.1. The van der Waals surface area contributed by atoms with Gasteiger partial charge in [-0.05, 0) is 120 Å². The monoisotopic (exact) mass is 519 g/mol. The molecule has 5 aromatic rings. The Morgan fingerprint density at radius 1 is 0.923 bits per heavy atom. The zero-order chi connectivity index (χ0) is 27.6. The summed E-state index contributed by atoms with van der Waals surface area (Å²) in [6.07, 6.45) is 8.12. The van der Waals surface area contributed by atoms with Crippen LogP contribution in [0.25, 0.3) is 33.3 Å². The molecule has 0 unspecified atom stereocenters. The molecule has 0 spiro atoms. The topological polar surface area (TPSA) is 83.6 Å². The van der Waals surface area contributed by atoms with E-state index in [-0.39, 0.29) is 5.78 Å². The first-order valence-electron chi connectivity index (χ1n) is 13.7. The summed E-state index contributed by atoms with van der Waals surface area (Å²) in [5.74, 6) is 0.170. The van der Waals surface area contributed by atoms with Crippen LogP contribution in [0.3, 0.4) is 0 Å². The molecule has 0 saturated carbocycles. The van der Waals surface area contributed by atoms with Crippen LogP contribution in [0.1, 0.15) is 55.0 Å². The number of carbonyl (C=O) groups is 1. The summed E-state index contributed by atoms with van der Waals surface area (Å²) in [5, 5.41) is 4.84. The number of rotatable bonds is 10. The van der Waals surface area contributed by atoms with Crippen LogP contribution in [0, 0.1) is 13.8 Å². The molecule has 0 aliphatic carbocycles. The predicted octanol–water partition coefficient (Wildman–Crippen LogP) is 6.42. The summed E-state index contributed by atoms with van der Waals surface area (Å²) in [6.45, 7) is 11.8. The van der Waals surface area contributed by atoms with Gasteiger partial charge in [-0.1, -0.05) is 23.3 Å². The molecule has 2 aromatic carbocycles. The number of aryl methyl sites for hydroxylation is 3. The fourth-order valence-corrected chi connectivity index (χ4v) is 5.26. The van der Waals surface area contributed by atoms with Crippen LogP contribution < -0.4 is 5.32 Å². The average molecular weight is 520 g/mol. The number of hydrogen-bond acceptors (Lipinski definition) is 5. The molecule has 0 atom stereocenters. The van der Waals surface area contributed by atoms with Crippen molar-refractivity contribution in [1.82, 2.24) is 25.3 Å². The van der Waals surface area contributed by atoms with Crippen LogP contribution in [-0.4, -0.2) is 38.8 Å². The SMILES string of the molecule is CC(=O)C(C)(C)c1ccc2[nH]c(-c3cc(C)cc(C)c3)c(CCNCCCc3cnc4nccnc4c3)c2c1. The first kappa shape index (κ1) is 26.7. The molecule has 0 bridgehead atoms. The van der Waals surface area contributed by atoms with E-state index in [9.17, 15) is 4.79 Å². The summed E-state index contributed by atoms with van der Waals surface area (Å²) in [6, 6.07) is 15.2. The van der Waals surface area contributed by atoms with Crippen molar-refractivity contribution in [3.63, 3.8) is 0 Å². The van der Waals surface area contributed by atoms with Crippen molar-refractivity contribution in [1.29, 1.82) is 0 Å². The number of Topliss-reactive ketones (excluding diaryl/α,β-unsaturated/α-hetero) is 1. The molecule has 2 N–H and O–H groups in total. The van der Waals surface area contributed by atoms with Gasteiger partial charge < -0.3 is 10.3 Å². The van der Waals surface area contributed by atoms with E-state index >= 15 is 0 Å². The van der Waals surface area contributed by atoms with Crippen molar-refractivity contribution >= 4 is 27.9 Å². The van der Waals surface area contributed by atoms with Crippen molar-refractivity contribution < 1.29 is 4.79 Å². The van der Waals surface area contributed by atoms with Gasteiger partial charge in [-0.3, -0.25) is 9.78 Å². The van der Waals surface area contributed by atoms with Crippen LogP contribution >= 0.6 is 0 Å². The Hall–Kier alpha value is -3.90. The van der Waals surface area contributed by atoms with Gasteiger partial charge in [0.25, 0.3) is 0 Å². The predicted molar refractivity (Wildman–Crippen MR) is 159 cm³/mol. The zero-order valence-corrected chi connectivity index (χ0v) is 23.6. The number of ketones is 1. The number of aromatic amines is 1. The Bertz CT molecular complexity index is 1630. The van der Waals surface area contributed by atoms with Crippen molar-refractivity contribution in [2.75, 3.05) is 13.1 Å². The lowest BCUT2D eigenvalue weighted by Crippen LogP contribution is -2.26. The van der Waals surface area contributed by atoms with Gasteiger partial charge in [0.05, 0.1) is 0 Å². The minimum atomic E-state index is -0.524. The normalized spacial score (nSPS) is 11.9. The van der Waals surface area contributed by atoms with Gasteiger partial charge in [-0.25, -0.2) is 9.97 Å². The van der Waals surface area contributed by atoms with E-state index in [1.807, 2.05) is 20.0 Å². The molecule has 6 heteroatoms. The van der Waals surface area contributed by atoms with E-state index in [2.05, 4.69) is 81.6 Å². The number of pyridine rings is 1. The number of nitrogens with zero attached hydrogens (tertiary/aromatic N) is 3. The average Bonchev–Trinajstić information content (AvgIpc) is 3.27.